The van der Waals surface area contributed by atoms with Gasteiger partial charge >= 0.3 is 0 Å². The number of ether oxygens (including phenoxy) is 2. The molecular weight excluding hydrogens is 467 g/mol. The van der Waals surface area contributed by atoms with Gasteiger partial charge in [0.1, 0.15) is 17.2 Å². The van der Waals surface area contributed by atoms with Crippen LogP contribution in [0.2, 0.25) is 5.02 Å². The molecule has 2 aliphatic rings. The van der Waals surface area contributed by atoms with E-state index in [1.807, 2.05) is 6.07 Å². The van der Waals surface area contributed by atoms with E-state index in [0.29, 0.717) is 45.9 Å². The highest BCUT2D eigenvalue weighted by Crippen LogP contribution is 2.58. The van der Waals surface area contributed by atoms with Gasteiger partial charge in [-0.3, -0.25) is 9.79 Å². The Hall–Kier alpha value is -3.30. The fourth-order valence-corrected chi connectivity index (χ4v) is 5.38. The zero-order valence-corrected chi connectivity index (χ0v) is 19.0. The molecule has 7 nitrogen and oxygen atoms in total. The van der Waals surface area contributed by atoms with Crippen molar-refractivity contribution in [3.05, 3.63) is 76.3 Å². The third kappa shape index (κ3) is 3.77. The Kier molecular flexibility index (Phi) is 5.38. The van der Waals surface area contributed by atoms with Gasteiger partial charge in [-0.25, -0.2) is 9.37 Å². The Morgan fingerprint density at radius 3 is 2.85 bits per heavy atom. The molecule has 5 rings (SSSR count). The molecule has 33 heavy (non-hydrogen) atoms. The van der Waals surface area contributed by atoms with Crippen LogP contribution in [0.1, 0.15) is 28.0 Å². The number of nitrogens with zero attached hydrogens (tertiary/aromatic N) is 2. The molecule has 0 bridgehead atoms. The number of halogens is 2. The quantitative estimate of drug-likeness (QED) is 0.546. The van der Waals surface area contributed by atoms with Gasteiger partial charge < -0.3 is 20.5 Å². The Morgan fingerprint density at radius 1 is 1.27 bits per heavy atom. The summed E-state index contributed by atoms with van der Waals surface area (Å²) in [6, 6.07) is 11.4. The number of anilines is 1. The Balaban J connectivity index is 1.59. The number of pyridine rings is 1. The number of benzene rings is 2. The monoisotopic (exact) mass is 484 g/mol. The molecule has 0 fully saturated rings. The minimum atomic E-state index is -0.761. The highest BCUT2D eigenvalue weighted by atomic mass is 35.5. The van der Waals surface area contributed by atoms with Crippen molar-refractivity contribution in [1.29, 1.82) is 0 Å². The molecule has 2 aliphatic heterocycles. The molecule has 3 N–H and O–H groups in total. The van der Waals surface area contributed by atoms with Gasteiger partial charge in [0.2, 0.25) is 0 Å². The highest BCUT2D eigenvalue weighted by molar-refractivity contribution is 8.14. The first kappa shape index (κ1) is 21.5. The summed E-state index contributed by atoms with van der Waals surface area (Å²) in [6.45, 7) is 0.460. The molecule has 168 valence electrons. The summed E-state index contributed by atoms with van der Waals surface area (Å²) >= 11 is 7.19. The first-order valence-corrected chi connectivity index (χ1v) is 11.2. The van der Waals surface area contributed by atoms with E-state index in [1.165, 1.54) is 31.1 Å². The van der Waals surface area contributed by atoms with Gasteiger partial charge in [-0.15, -0.1) is 0 Å². The predicted molar refractivity (Wildman–Crippen MR) is 126 cm³/mol. The number of methoxy groups -OCH3 is 1. The Labute approximate surface area is 198 Å². The summed E-state index contributed by atoms with van der Waals surface area (Å²) < 4.78 is 25.5. The van der Waals surface area contributed by atoms with Gasteiger partial charge in [0.25, 0.3) is 5.91 Å². The first-order valence-electron chi connectivity index (χ1n) is 10.0. The van der Waals surface area contributed by atoms with Gasteiger partial charge in [0.05, 0.1) is 16.9 Å². The summed E-state index contributed by atoms with van der Waals surface area (Å²) in [5.74, 6) is 0.0757. The first-order chi connectivity index (χ1) is 15.9. The van der Waals surface area contributed by atoms with Crippen molar-refractivity contribution < 1.29 is 18.7 Å². The number of fused-ring (bicyclic) bond motifs is 4. The summed E-state index contributed by atoms with van der Waals surface area (Å²) in [7, 11) is 1.48. The lowest BCUT2D eigenvalue weighted by Gasteiger charge is -2.41. The standard InChI is InChI=1S/C23H18ClFN4O3S/c1-31-14-9-16-20(17(25)10-14)32-19-5-3-13(29-21(30)18-4-2-12(24)11-28-18)8-15(19)23(16)6-7-27-22(26)33-23/h2-5,8-11H,6-7H2,1H3,(H2,26,27)(H,29,30)/t23-/m0/s1. The van der Waals surface area contributed by atoms with Crippen molar-refractivity contribution in [3.8, 4) is 17.2 Å². The maximum atomic E-state index is 15.0. The Morgan fingerprint density at radius 2 is 2.12 bits per heavy atom. The summed E-state index contributed by atoms with van der Waals surface area (Å²) in [4.78, 5) is 21.0. The zero-order chi connectivity index (χ0) is 23.2. The molecule has 0 unspecified atom stereocenters. The second-order valence-electron chi connectivity index (χ2n) is 7.51. The van der Waals surface area contributed by atoms with E-state index in [1.54, 1.807) is 30.3 Å². The molecule has 1 amide bonds. The smallest absolute Gasteiger partial charge is 0.274 e. The molecule has 1 atom stereocenters. The van der Waals surface area contributed by atoms with Crippen LogP contribution in [0.3, 0.4) is 0 Å². The van der Waals surface area contributed by atoms with Gasteiger partial charge in [-0.1, -0.05) is 23.4 Å². The number of nitrogens with two attached hydrogens (primary N) is 1. The predicted octanol–water partition coefficient (Wildman–Crippen LogP) is 4.94. The fourth-order valence-electron chi connectivity index (χ4n) is 4.03. The number of thioether (sulfide) groups is 1. The van der Waals surface area contributed by atoms with Crippen molar-refractivity contribution in [1.82, 2.24) is 4.98 Å². The number of amides is 1. The number of nitrogens with one attached hydrogen (secondary N) is 1. The van der Waals surface area contributed by atoms with E-state index in [4.69, 9.17) is 26.8 Å². The number of hydrogen-bond acceptors (Lipinski definition) is 7. The van der Waals surface area contributed by atoms with Crippen LogP contribution in [0, 0.1) is 5.82 Å². The number of hydrogen-bond donors (Lipinski definition) is 2. The summed E-state index contributed by atoms with van der Waals surface area (Å²) in [5, 5.41) is 3.68. The molecule has 3 heterocycles. The maximum Gasteiger partial charge on any atom is 0.274 e. The molecule has 0 saturated heterocycles. The van der Waals surface area contributed by atoms with Crippen LogP contribution in [0.15, 0.2) is 53.7 Å². The highest BCUT2D eigenvalue weighted by Gasteiger charge is 2.46. The van der Waals surface area contributed by atoms with E-state index in [-0.39, 0.29) is 17.4 Å². The van der Waals surface area contributed by atoms with Gasteiger partial charge in [0.15, 0.2) is 16.7 Å². The van der Waals surface area contributed by atoms with Crippen molar-refractivity contribution in [2.24, 2.45) is 10.7 Å². The lowest BCUT2D eigenvalue weighted by Crippen LogP contribution is -2.35. The number of carbonyl (C=O) groups excluding carboxylic acids is 1. The van der Waals surface area contributed by atoms with Crippen LogP contribution in [0.4, 0.5) is 10.1 Å². The van der Waals surface area contributed by atoms with Gasteiger partial charge in [0, 0.05) is 35.6 Å². The largest absolute Gasteiger partial charge is 0.497 e. The topological polar surface area (TPSA) is 98.8 Å². The van der Waals surface area contributed by atoms with Crippen LogP contribution < -0.4 is 20.5 Å². The molecule has 0 radical (unpaired) electrons. The van der Waals surface area contributed by atoms with Crippen molar-refractivity contribution in [2.45, 2.75) is 11.2 Å². The Bertz CT molecular complexity index is 1300. The fraction of sp³-hybridized carbons (Fsp3) is 0.174. The molecule has 1 aromatic heterocycles. The SMILES string of the molecule is COc1cc(F)c2c(c1)[C@]1(CCN=C(N)S1)c1cc(NC(=O)c3ccc(Cl)cn3)ccc1O2. The lowest BCUT2D eigenvalue weighted by molar-refractivity contribution is 0.102. The minimum absolute atomic E-state index is 0.132. The van der Waals surface area contributed by atoms with Gasteiger partial charge in [-0.2, -0.15) is 0 Å². The van der Waals surface area contributed by atoms with Crippen LogP contribution >= 0.6 is 23.4 Å². The normalized spacial score (nSPS) is 18.6. The molecule has 3 aromatic rings. The zero-order valence-electron chi connectivity index (χ0n) is 17.4. The van der Waals surface area contributed by atoms with Crippen LogP contribution in [-0.2, 0) is 4.75 Å². The summed E-state index contributed by atoms with van der Waals surface area (Å²) in [6.07, 6.45) is 1.97. The van der Waals surface area contributed by atoms with Gasteiger partial charge in [-0.05, 0) is 42.8 Å². The molecule has 1 spiro atoms. The third-order valence-electron chi connectivity index (χ3n) is 5.54. The number of carbonyl (C=O) groups is 1. The molecule has 10 heteroatoms. The molecule has 0 aliphatic carbocycles. The number of aliphatic imine (C=N–C) groups is 1. The van der Waals surface area contributed by atoms with Crippen molar-refractivity contribution in [2.75, 3.05) is 19.0 Å². The third-order valence-corrected chi connectivity index (χ3v) is 7.10. The van der Waals surface area contributed by atoms with Crippen LogP contribution in [0.5, 0.6) is 17.2 Å². The van der Waals surface area contributed by atoms with Crippen LogP contribution in [0.25, 0.3) is 0 Å². The molecular formula is C23H18ClFN4O3S. The van der Waals surface area contributed by atoms with E-state index in [9.17, 15) is 9.18 Å². The average molecular weight is 485 g/mol. The number of aromatic nitrogens is 1. The molecule has 0 saturated carbocycles. The average Bonchev–Trinajstić information content (AvgIpc) is 2.80. The maximum absolute atomic E-state index is 15.0. The van der Waals surface area contributed by atoms with E-state index < -0.39 is 10.6 Å². The minimum Gasteiger partial charge on any atom is -0.497 e. The lowest BCUT2D eigenvalue weighted by atomic mass is 9.83. The van der Waals surface area contributed by atoms with E-state index in [0.717, 1.165) is 5.56 Å². The van der Waals surface area contributed by atoms with Crippen LogP contribution in [-0.4, -0.2) is 29.7 Å². The summed E-state index contributed by atoms with van der Waals surface area (Å²) in [5.41, 5.74) is 8.25. The second-order valence-corrected chi connectivity index (χ2v) is 9.27. The molecule has 2 aromatic carbocycles. The number of amidine groups is 1. The second kappa shape index (κ2) is 8.24. The van der Waals surface area contributed by atoms with E-state index >= 15 is 0 Å². The van der Waals surface area contributed by atoms with E-state index in [2.05, 4.69) is 15.3 Å². The number of rotatable bonds is 3. The van der Waals surface area contributed by atoms with Crippen molar-refractivity contribution in [3.63, 3.8) is 0 Å². The van der Waals surface area contributed by atoms with Crippen molar-refractivity contribution >= 4 is 40.1 Å².